The average molecular weight is 482 g/mol. The Bertz CT molecular complexity index is 1400. The predicted molar refractivity (Wildman–Crippen MR) is 131 cm³/mol. The fourth-order valence-corrected chi connectivity index (χ4v) is 5.58. The van der Waals surface area contributed by atoms with E-state index in [0.29, 0.717) is 10.6 Å². The molecule has 0 unspecified atom stereocenters. The highest BCUT2D eigenvalue weighted by atomic mass is 32.2. The van der Waals surface area contributed by atoms with Crippen LogP contribution in [0.5, 0.6) is 5.75 Å². The molecule has 0 aliphatic rings. The zero-order valence-electron chi connectivity index (χ0n) is 18.1. The van der Waals surface area contributed by atoms with Gasteiger partial charge in [0.2, 0.25) is 10.0 Å². The van der Waals surface area contributed by atoms with E-state index in [2.05, 4.69) is 24.1 Å². The van der Waals surface area contributed by atoms with E-state index in [-0.39, 0.29) is 30.1 Å². The average Bonchev–Trinajstić information content (AvgIpc) is 3.15. The van der Waals surface area contributed by atoms with Gasteiger partial charge < -0.3 is 9.30 Å². The van der Waals surface area contributed by atoms with E-state index in [4.69, 9.17) is 11.2 Å². The molecule has 0 spiro atoms. The maximum atomic E-state index is 12.8. The Hall–Kier alpha value is -3.45. The van der Waals surface area contributed by atoms with E-state index in [1.165, 1.54) is 52.1 Å². The molecule has 0 saturated heterocycles. The molecular formula is C24H23N3O4S2. The van der Waals surface area contributed by atoms with Crippen LogP contribution in [0, 0.1) is 12.3 Å². The molecule has 0 aliphatic heterocycles. The van der Waals surface area contributed by atoms with Crippen molar-refractivity contribution in [2.24, 2.45) is 4.99 Å². The number of hydrogen-bond acceptors (Lipinski definition) is 5. The Balaban J connectivity index is 1.97. The summed E-state index contributed by atoms with van der Waals surface area (Å²) in [6.07, 6.45) is 8.52. The van der Waals surface area contributed by atoms with Crippen molar-refractivity contribution < 1.29 is 17.9 Å². The summed E-state index contributed by atoms with van der Waals surface area (Å²) in [5.74, 6) is 2.77. The van der Waals surface area contributed by atoms with E-state index >= 15 is 0 Å². The third kappa shape index (κ3) is 5.14. The summed E-state index contributed by atoms with van der Waals surface area (Å²) in [6, 6.07) is 11.2. The highest BCUT2D eigenvalue weighted by molar-refractivity contribution is 7.89. The molecule has 1 aromatic heterocycles. The number of hydrogen-bond donors (Lipinski definition) is 0. The number of carbonyl (C=O) groups is 1. The van der Waals surface area contributed by atoms with Crippen LogP contribution in [0.2, 0.25) is 0 Å². The molecule has 170 valence electrons. The van der Waals surface area contributed by atoms with E-state index in [0.717, 1.165) is 10.2 Å². The van der Waals surface area contributed by atoms with Crippen LogP contribution in [-0.4, -0.2) is 43.4 Å². The van der Waals surface area contributed by atoms with Gasteiger partial charge in [0.15, 0.2) is 4.80 Å². The fourth-order valence-electron chi connectivity index (χ4n) is 3.14. The first-order valence-corrected chi connectivity index (χ1v) is 12.1. The number of methoxy groups -OCH3 is 1. The molecule has 2 aromatic carbocycles. The van der Waals surface area contributed by atoms with Crippen molar-refractivity contribution in [3.05, 3.63) is 78.1 Å². The number of fused-ring (bicyclic) bond motifs is 1. The minimum Gasteiger partial charge on any atom is -0.497 e. The number of rotatable bonds is 9. The number of aromatic nitrogens is 1. The molecule has 7 nitrogen and oxygen atoms in total. The fraction of sp³-hybridized carbons (Fsp3) is 0.167. The van der Waals surface area contributed by atoms with Crippen molar-refractivity contribution in [1.29, 1.82) is 0 Å². The van der Waals surface area contributed by atoms with Crippen LogP contribution in [0.15, 0.2) is 77.7 Å². The van der Waals surface area contributed by atoms with E-state index < -0.39 is 15.9 Å². The summed E-state index contributed by atoms with van der Waals surface area (Å²) in [6.45, 7) is 7.74. The topological polar surface area (TPSA) is 81.0 Å². The second-order valence-electron chi connectivity index (χ2n) is 6.85. The lowest BCUT2D eigenvalue weighted by Gasteiger charge is -2.19. The first kappa shape index (κ1) is 24.2. The molecule has 0 N–H and O–H groups in total. The van der Waals surface area contributed by atoms with Crippen LogP contribution in [0.25, 0.3) is 10.2 Å². The molecule has 0 saturated carbocycles. The largest absolute Gasteiger partial charge is 0.497 e. The van der Waals surface area contributed by atoms with Crippen LogP contribution in [-0.2, 0) is 16.6 Å². The van der Waals surface area contributed by atoms with Crippen LogP contribution in [0.1, 0.15) is 10.4 Å². The molecule has 3 rings (SSSR count). The highest BCUT2D eigenvalue weighted by Gasteiger charge is 2.22. The zero-order chi connectivity index (χ0) is 24.0. The van der Waals surface area contributed by atoms with Crippen molar-refractivity contribution in [2.45, 2.75) is 11.4 Å². The first-order chi connectivity index (χ1) is 15.8. The van der Waals surface area contributed by atoms with Crippen molar-refractivity contribution in [3.8, 4) is 18.1 Å². The normalized spacial score (nSPS) is 12.0. The Morgan fingerprint density at radius 3 is 2.45 bits per heavy atom. The monoisotopic (exact) mass is 481 g/mol. The molecule has 0 radical (unpaired) electrons. The summed E-state index contributed by atoms with van der Waals surface area (Å²) in [5.41, 5.74) is 1.10. The van der Waals surface area contributed by atoms with Gasteiger partial charge in [0.05, 0.1) is 28.8 Å². The van der Waals surface area contributed by atoms with Crippen LogP contribution < -0.4 is 9.54 Å². The Kier molecular flexibility index (Phi) is 7.66. The lowest BCUT2D eigenvalue weighted by atomic mass is 10.2. The smallest absolute Gasteiger partial charge is 0.279 e. The van der Waals surface area contributed by atoms with Gasteiger partial charge >= 0.3 is 0 Å². The van der Waals surface area contributed by atoms with Crippen molar-refractivity contribution in [1.82, 2.24) is 8.87 Å². The van der Waals surface area contributed by atoms with Crippen molar-refractivity contribution in [2.75, 3.05) is 20.2 Å². The lowest BCUT2D eigenvalue weighted by molar-refractivity contribution is 0.0998. The molecule has 9 heteroatoms. The van der Waals surface area contributed by atoms with Gasteiger partial charge in [-0.15, -0.1) is 19.6 Å². The Labute approximate surface area is 197 Å². The third-order valence-corrected chi connectivity index (χ3v) is 7.63. The summed E-state index contributed by atoms with van der Waals surface area (Å²) in [4.78, 5) is 17.6. The molecule has 33 heavy (non-hydrogen) atoms. The minimum absolute atomic E-state index is 0.0686. The third-order valence-electron chi connectivity index (χ3n) is 4.74. The quantitative estimate of drug-likeness (QED) is 0.346. The number of sulfonamides is 1. The number of thiazole rings is 1. The highest BCUT2D eigenvalue weighted by Crippen LogP contribution is 2.23. The molecule has 0 fully saturated rings. The maximum Gasteiger partial charge on any atom is 0.279 e. The lowest BCUT2D eigenvalue weighted by Crippen LogP contribution is -2.31. The molecule has 1 amide bonds. The number of carbonyl (C=O) groups excluding carboxylic acids is 1. The van der Waals surface area contributed by atoms with Gasteiger partial charge in [-0.25, -0.2) is 8.42 Å². The predicted octanol–water partition coefficient (Wildman–Crippen LogP) is 3.45. The number of terminal acetylenes is 1. The van der Waals surface area contributed by atoms with Gasteiger partial charge in [-0.3, -0.25) is 4.79 Å². The summed E-state index contributed by atoms with van der Waals surface area (Å²) >= 11 is 1.32. The van der Waals surface area contributed by atoms with E-state index in [1.807, 2.05) is 18.2 Å². The van der Waals surface area contributed by atoms with E-state index in [9.17, 15) is 13.2 Å². The summed E-state index contributed by atoms with van der Waals surface area (Å²) in [7, 11) is -2.17. The Morgan fingerprint density at radius 1 is 1.21 bits per heavy atom. The molecule has 1 heterocycles. The molecule has 0 atom stereocenters. The van der Waals surface area contributed by atoms with Gasteiger partial charge in [-0.2, -0.15) is 9.30 Å². The first-order valence-electron chi connectivity index (χ1n) is 9.87. The summed E-state index contributed by atoms with van der Waals surface area (Å²) < 4.78 is 34.8. The minimum atomic E-state index is -3.75. The number of nitrogens with zero attached hydrogens (tertiary/aromatic N) is 3. The number of amides is 1. The van der Waals surface area contributed by atoms with Crippen LogP contribution in [0.3, 0.4) is 0 Å². The SMILES string of the molecule is C#CCn1c(=NC(=O)c2ccc(S(=O)(=O)N(CC=C)CC=C)cc2)sc2cc(OC)ccc21. The van der Waals surface area contributed by atoms with Gasteiger partial charge in [-0.05, 0) is 42.5 Å². The second kappa shape index (κ2) is 10.4. The van der Waals surface area contributed by atoms with Crippen LogP contribution >= 0.6 is 11.3 Å². The molecule has 0 bridgehead atoms. The standard InChI is InChI=1S/C24H23N3O4S2/c1-5-14-26(15-6-2)33(29,30)20-11-8-18(9-12-20)23(28)25-24-27(16-7-3)21-13-10-19(31-4)17-22(21)32-24/h3,5-6,8-13,17H,1-2,14-16H2,4H3. The van der Waals surface area contributed by atoms with Crippen molar-refractivity contribution >= 4 is 37.5 Å². The van der Waals surface area contributed by atoms with Gasteiger partial charge in [0.1, 0.15) is 5.75 Å². The zero-order valence-corrected chi connectivity index (χ0v) is 19.7. The number of benzene rings is 2. The van der Waals surface area contributed by atoms with Gasteiger partial charge in [-0.1, -0.05) is 29.4 Å². The second-order valence-corrected chi connectivity index (χ2v) is 9.80. The number of ether oxygens (including phenoxy) is 1. The van der Waals surface area contributed by atoms with E-state index in [1.54, 1.807) is 11.7 Å². The van der Waals surface area contributed by atoms with Crippen LogP contribution in [0.4, 0.5) is 0 Å². The van der Waals surface area contributed by atoms with Gasteiger partial charge in [0, 0.05) is 18.7 Å². The summed E-state index contributed by atoms with van der Waals surface area (Å²) in [5, 5.41) is 0. The molecule has 3 aromatic rings. The van der Waals surface area contributed by atoms with Crippen molar-refractivity contribution in [3.63, 3.8) is 0 Å². The Morgan fingerprint density at radius 2 is 1.88 bits per heavy atom. The molecular weight excluding hydrogens is 458 g/mol. The van der Waals surface area contributed by atoms with Gasteiger partial charge in [0.25, 0.3) is 5.91 Å². The molecule has 0 aliphatic carbocycles. The maximum absolute atomic E-state index is 12.8.